The summed E-state index contributed by atoms with van der Waals surface area (Å²) in [5.74, 6) is 0. The van der Waals surface area contributed by atoms with Gasteiger partial charge in [0.2, 0.25) is 0 Å². The van der Waals surface area contributed by atoms with E-state index in [0.717, 1.165) is 16.5 Å². The number of rotatable bonds is 2. The molecule has 0 fully saturated rings. The average molecular weight is 199 g/mol. The molecule has 0 saturated heterocycles. The maximum atomic E-state index is 8.62. The van der Waals surface area contributed by atoms with Crippen LogP contribution in [0.4, 0.5) is 0 Å². The standard InChI is InChI=1S/C7H10AsNO/c8-7-6(3-5-10)2-1-4-9-7/h1-2,4,10H,3,5,8H2. The Kier molecular flexibility index (Phi) is 2.91. The molecule has 0 aliphatic rings. The normalized spacial score (nSPS) is 9.80. The van der Waals surface area contributed by atoms with Gasteiger partial charge in [-0.1, -0.05) is 0 Å². The van der Waals surface area contributed by atoms with Crippen molar-refractivity contribution in [1.29, 1.82) is 0 Å². The van der Waals surface area contributed by atoms with Crippen LogP contribution in [0, 0.1) is 0 Å². The Hall–Kier alpha value is -0.332. The third-order valence-electron chi connectivity index (χ3n) is 1.31. The molecule has 1 heterocycles. The van der Waals surface area contributed by atoms with Crippen molar-refractivity contribution >= 4 is 21.3 Å². The van der Waals surface area contributed by atoms with Gasteiger partial charge in [0.15, 0.2) is 0 Å². The third-order valence-corrected chi connectivity index (χ3v) is 2.40. The van der Waals surface area contributed by atoms with Crippen LogP contribution in [-0.2, 0) is 6.42 Å². The third kappa shape index (κ3) is 1.83. The van der Waals surface area contributed by atoms with Crippen LogP contribution in [0.5, 0.6) is 0 Å². The van der Waals surface area contributed by atoms with E-state index in [0.29, 0.717) is 0 Å². The van der Waals surface area contributed by atoms with Gasteiger partial charge in [0.25, 0.3) is 0 Å². The van der Waals surface area contributed by atoms with Gasteiger partial charge in [-0.3, -0.25) is 0 Å². The molecule has 0 bridgehead atoms. The summed E-state index contributed by atoms with van der Waals surface area (Å²) in [4.78, 5) is 4.11. The second-order valence-corrected chi connectivity index (χ2v) is 3.17. The van der Waals surface area contributed by atoms with E-state index in [-0.39, 0.29) is 6.61 Å². The summed E-state index contributed by atoms with van der Waals surface area (Å²) in [7, 11) is 0. The first-order chi connectivity index (χ1) is 4.84. The van der Waals surface area contributed by atoms with Crippen LogP contribution in [0.15, 0.2) is 18.3 Å². The maximum absolute atomic E-state index is 8.62. The van der Waals surface area contributed by atoms with Crippen molar-refractivity contribution in [1.82, 2.24) is 4.98 Å². The number of pyridine rings is 1. The molecule has 54 valence electrons. The SMILES string of the molecule is OCCc1cccnc1[AsH2]. The van der Waals surface area contributed by atoms with Gasteiger partial charge in [-0.15, -0.1) is 0 Å². The summed E-state index contributed by atoms with van der Waals surface area (Å²) in [6, 6.07) is 3.90. The molecule has 2 nitrogen and oxygen atoms in total. The molecular formula is C7H10AsNO. The van der Waals surface area contributed by atoms with Gasteiger partial charge in [0.1, 0.15) is 0 Å². The van der Waals surface area contributed by atoms with Crippen LogP contribution < -0.4 is 4.48 Å². The monoisotopic (exact) mass is 199 g/mol. The Bertz CT molecular complexity index is 215. The zero-order valence-electron chi connectivity index (χ0n) is 5.62. The Balaban J connectivity index is 2.81. The molecule has 0 spiro atoms. The Morgan fingerprint density at radius 2 is 2.40 bits per heavy atom. The molecular weight excluding hydrogens is 189 g/mol. The number of hydrogen-bond acceptors (Lipinski definition) is 2. The number of nitrogens with zero attached hydrogens (tertiary/aromatic N) is 1. The van der Waals surface area contributed by atoms with Crippen molar-refractivity contribution in [2.24, 2.45) is 0 Å². The number of hydrogen-bond donors (Lipinski definition) is 1. The van der Waals surface area contributed by atoms with E-state index in [4.69, 9.17) is 5.11 Å². The molecule has 1 aromatic rings. The fraction of sp³-hybridized carbons (Fsp3) is 0.286. The van der Waals surface area contributed by atoms with E-state index in [2.05, 4.69) is 4.98 Å². The van der Waals surface area contributed by atoms with Gasteiger partial charge in [-0.05, 0) is 0 Å². The van der Waals surface area contributed by atoms with Crippen molar-refractivity contribution in [2.45, 2.75) is 6.42 Å². The molecule has 1 aromatic heterocycles. The van der Waals surface area contributed by atoms with Gasteiger partial charge in [0.05, 0.1) is 0 Å². The van der Waals surface area contributed by atoms with E-state index >= 15 is 0 Å². The minimum absolute atomic E-state index is 0.211. The Labute approximate surface area is 68.8 Å². The molecule has 3 heteroatoms. The van der Waals surface area contributed by atoms with E-state index in [9.17, 15) is 0 Å². The second-order valence-electron chi connectivity index (χ2n) is 2.02. The molecule has 0 radical (unpaired) electrons. The summed E-state index contributed by atoms with van der Waals surface area (Å²) in [6.07, 6.45) is 2.50. The van der Waals surface area contributed by atoms with Gasteiger partial charge in [-0.25, -0.2) is 0 Å². The average Bonchev–Trinajstić information content (AvgIpc) is 1.94. The summed E-state index contributed by atoms with van der Waals surface area (Å²) in [5.41, 5.74) is 1.16. The predicted molar refractivity (Wildman–Crippen MR) is 43.2 cm³/mol. The van der Waals surface area contributed by atoms with Gasteiger partial charge >= 0.3 is 68.3 Å². The van der Waals surface area contributed by atoms with Gasteiger partial charge < -0.3 is 0 Å². The van der Waals surface area contributed by atoms with E-state index in [1.165, 1.54) is 16.9 Å². The van der Waals surface area contributed by atoms with Crippen LogP contribution in [0.3, 0.4) is 0 Å². The molecule has 1 rings (SSSR count). The van der Waals surface area contributed by atoms with Crippen molar-refractivity contribution in [2.75, 3.05) is 6.61 Å². The van der Waals surface area contributed by atoms with E-state index < -0.39 is 0 Å². The van der Waals surface area contributed by atoms with Crippen molar-refractivity contribution in [3.05, 3.63) is 23.9 Å². The first-order valence-corrected chi connectivity index (χ1v) is 4.36. The van der Waals surface area contributed by atoms with Crippen LogP contribution in [0.25, 0.3) is 0 Å². The topological polar surface area (TPSA) is 33.1 Å². The quantitative estimate of drug-likeness (QED) is 0.612. The molecule has 10 heavy (non-hydrogen) atoms. The summed E-state index contributed by atoms with van der Waals surface area (Å²) >= 11 is 1.51. The summed E-state index contributed by atoms with van der Waals surface area (Å²) < 4.78 is 1.07. The summed E-state index contributed by atoms with van der Waals surface area (Å²) in [6.45, 7) is 0.211. The van der Waals surface area contributed by atoms with Crippen LogP contribution in [-0.4, -0.2) is 33.6 Å². The molecule has 0 saturated carbocycles. The Morgan fingerprint density at radius 3 is 3.00 bits per heavy atom. The molecule has 1 atom stereocenters. The van der Waals surface area contributed by atoms with Gasteiger partial charge in [-0.2, -0.15) is 0 Å². The number of aromatic nitrogens is 1. The minimum atomic E-state index is 0.211. The number of aliphatic hydroxyl groups excluding tert-OH is 1. The van der Waals surface area contributed by atoms with Gasteiger partial charge in [0, 0.05) is 0 Å². The predicted octanol–water partition coefficient (Wildman–Crippen LogP) is -1.13. The first-order valence-electron chi connectivity index (χ1n) is 3.15. The van der Waals surface area contributed by atoms with Crippen molar-refractivity contribution in [3.63, 3.8) is 0 Å². The molecule has 0 amide bonds. The van der Waals surface area contributed by atoms with Crippen molar-refractivity contribution in [3.8, 4) is 0 Å². The zero-order chi connectivity index (χ0) is 7.40. The first kappa shape index (κ1) is 7.77. The molecule has 0 aromatic carbocycles. The fourth-order valence-electron chi connectivity index (χ4n) is 0.783. The molecule has 1 unspecified atom stereocenters. The summed E-state index contributed by atoms with van der Waals surface area (Å²) in [5, 5.41) is 8.62. The van der Waals surface area contributed by atoms with E-state index in [1.807, 2.05) is 12.1 Å². The van der Waals surface area contributed by atoms with Crippen LogP contribution in [0.1, 0.15) is 5.56 Å². The Morgan fingerprint density at radius 1 is 1.60 bits per heavy atom. The number of aliphatic hydroxyl groups is 1. The zero-order valence-corrected chi connectivity index (χ0v) is 8.04. The van der Waals surface area contributed by atoms with Crippen LogP contribution in [0.2, 0.25) is 0 Å². The molecule has 0 aliphatic heterocycles. The van der Waals surface area contributed by atoms with E-state index in [1.54, 1.807) is 6.20 Å². The molecule has 1 N–H and O–H groups in total. The van der Waals surface area contributed by atoms with Crippen LogP contribution >= 0.6 is 0 Å². The second kappa shape index (κ2) is 3.74. The fourth-order valence-corrected chi connectivity index (χ4v) is 1.47. The van der Waals surface area contributed by atoms with Crippen molar-refractivity contribution < 1.29 is 5.11 Å². The molecule has 0 aliphatic carbocycles.